The molecule has 0 fully saturated rings. The maximum absolute atomic E-state index is 13.0. The summed E-state index contributed by atoms with van der Waals surface area (Å²) in [4.78, 5) is 72.6. The molecule has 0 radical (unpaired) electrons. The van der Waals surface area contributed by atoms with E-state index in [1.54, 1.807) is 0 Å². The Balaban J connectivity index is 5.22. The summed E-state index contributed by atoms with van der Waals surface area (Å²) < 4.78 is 68.3. The van der Waals surface area contributed by atoms with Crippen LogP contribution in [0.1, 0.15) is 357 Å². The number of rotatable bonds is 69. The van der Waals surface area contributed by atoms with Gasteiger partial charge < -0.3 is 33.8 Å². The highest BCUT2D eigenvalue weighted by Crippen LogP contribution is 2.45. The Morgan fingerprint density at radius 1 is 0.308 bits per heavy atom. The maximum atomic E-state index is 13.0. The van der Waals surface area contributed by atoms with E-state index in [0.717, 1.165) is 114 Å². The molecule has 0 saturated heterocycles. The van der Waals surface area contributed by atoms with Gasteiger partial charge in [0, 0.05) is 25.7 Å². The van der Waals surface area contributed by atoms with Crippen molar-refractivity contribution in [2.45, 2.75) is 375 Å². The van der Waals surface area contributed by atoms with Crippen molar-refractivity contribution >= 4 is 39.5 Å². The van der Waals surface area contributed by atoms with Crippen molar-refractivity contribution in [3.05, 3.63) is 0 Å². The van der Waals surface area contributed by atoms with Gasteiger partial charge in [0.15, 0.2) is 12.2 Å². The highest BCUT2D eigenvalue weighted by atomic mass is 31.2. The van der Waals surface area contributed by atoms with Crippen molar-refractivity contribution in [1.29, 1.82) is 0 Å². The predicted molar refractivity (Wildman–Crippen MR) is 367 cm³/mol. The van der Waals surface area contributed by atoms with Crippen LogP contribution in [0, 0.1) is 23.7 Å². The minimum Gasteiger partial charge on any atom is -0.462 e. The number of carbonyl (C=O) groups excluding carboxylic acids is 4. The quantitative estimate of drug-likeness (QED) is 0.0222. The number of hydrogen-bond acceptors (Lipinski definition) is 15. The van der Waals surface area contributed by atoms with Gasteiger partial charge in [-0.15, -0.1) is 0 Å². The van der Waals surface area contributed by atoms with Crippen LogP contribution < -0.4 is 0 Å². The summed E-state index contributed by atoms with van der Waals surface area (Å²) >= 11 is 0. The monoisotopic (exact) mass is 1340 g/mol. The van der Waals surface area contributed by atoms with Gasteiger partial charge in [0.2, 0.25) is 0 Å². The molecule has 3 unspecified atom stereocenters. The second-order valence-corrected chi connectivity index (χ2v) is 30.6. The summed E-state index contributed by atoms with van der Waals surface area (Å²) in [6, 6.07) is 0. The van der Waals surface area contributed by atoms with E-state index in [1.807, 2.05) is 0 Å². The average molecular weight is 1340 g/mol. The molecule has 0 aliphatic rings. The number of esters is 4. The Labute approximate surface area is 556 Å². The average Bonchev–Trinajstić information content (AvgIpc) is 3.40. The topological polar surface area (TPSA) is 237 Å². The lowest BCUT2D eigenvalue weighted by atomic mass is 10.00. The lowest BCUT2D eigenvalue weighted by molar-refractivity contribution is -0.161. The van der Waals surface area contributed by atoms with E-state index >= 15 is 0 Å². The van der Waals surface area contributed by atoms with Crippen LogP contribution in [0.5, 0.6) is 0 Å². The molecule has 19 heteroatoms. The molecular formula is C72H140O17P2. The zero-order valence-electron chi connectivity index (χ0n) is 59.5. The molecule has 0 amide bonds. The number of carbonyl (C=O) groups is 4. The van der Waals surface area contributed by atoms with Crippen LogP contribution in [0.15, 0.2) is 0 Å². The van der Waals surface area contributed by atoms with Gasteiger partial charge in [0.05, 0.1) is 26.4 Å². The Morgan fingerprint density at radius 3 is 0.780 bits per heavy atom. The fourth-order valence-corrected chi connectivity index (χ4v) is 12.4. The second kappa shape index (κ2) is 61.6. The molecule has 0 aromatic heterocycles. The van der Waals surface area contributed by atoms with Gasteiger partial charge in [0.1, 0.15) is 19.3 Å². The van der Waals surface area contributed by atoms with E-state index < -0.39 is 97.5 Å². The van der Waals surface area contributed by atoms with E-state index in [0.29, 0.717) is 31.6 Å². The molecule has 0 spiro atoms. The first-order valence-corrected chi connectivity index (χ1v) is 40.2. The van der Waals surface area contributed by atoms with E-state index in [9.17, 15) is 43.2 Å². The second-order valence-electron chi connectivity index (χ2n) is 27.6. The summed E-state index contributed by atoms with van der Waals surface area (Å²) in [5.74, 6) is 0.864. The molecule has 0 bridgehead atoms. The Morgan fingerprint density at radius 2 is 0.527 bits per heavy atom. The lowest BCUT2D eigenvalue weighted by Gasteiger charge is -2.21. The van der Waals surface area contributed by atoms with Crippen molar-refractivity contribution in [1.82, 2.24) is 0 Å². The first kappa shape index (κ1) is 89.1. The van der Waals surface area contributed by atoms with Gasteiger partial charge in [-0.2, -0.15) is 0 Å². The van der Waals surface area contributed by atoms with Crippen LogP contribution in [-0.2, 0) is 65.4 Å². The predicted octanol–water partition coefficient (Wildman–Crippen LogP) is 20.5. The lowest BCUT2D eigenvalue weighted by Crippen LogP contribution is -2.30. The van der Waals surface area contributed by atoms with Crippen LogP contribution in [0.3, 0.4) is 0 Å². The highest BCUT2D eigenvalue weighted by molar-refractivity contribution is 7.47. The van der Waals surface area contributed by atoms with Gasteiger partial charge in [-0.3, -0.25) is 37.3 Å². The van der Waals surface area contributed by atoms with Crippen LogP contribution >= 0.6 is 15.6 Å². The summed E-state index contributed by atoms with van der Waals surface area (Å²) in [5.41, 5.74) is 0. The Bertz CT molecular complexity index is 1800. The van der Waals surface area contributed by atoms with Crippen LogP contribution in [0.4, 0.5) is 0 Å². The smallest absolute Gasteiger partial charge is 0.462 e. The van der Waals surface area contributed by atoms with E-state index in [-0.39, 0.29) is 25.7 Å². The molecule has 6 atom stereocenters. The molecule has 0 aliphatic heterocycles. The normalized spacial score (nSPS) is 14.5. The van der Waals surface area contributed by atoms with Gasteiger partial charge in [0.25, 0.3) is 0 Å². The van der Waals surface area contributed by atoms with Gasteiger partial charge >= 0.3 is 39.5 Å². The molecule has 91 heavy (non-hydrogen) atoms. The summed E-state index contributed by atoms with van der Waals surface area (Å²) in [6.07, 6.45) is 44.6. The summed E-state index contributed by atoms with van der Waals surface area (Å²) in [7, 11) is -9.91. The molecular weight excluding hydrogens is 1200 g/mol. The van der Waals surface area contributed by atoms with E-state index in [4.69, 9.17) is 37.0 Å². The molecule has 17 nitrogen and oxygen atoms in total. The Kier molecular flexibility index (Phi) is 60.3. The fraction of sp³-hybridized carbons (Fsp3) is 0.944. The third-order valence-corrected chi connectivity index (χ3v) is 18.8. The molecule has 0 rings (SSSR count). The van der Waals surface area contributed by atoms with Crippen molar-refractivity contribution in [3.8, 4) is 0 Å². The van der Waals surface area contributed by atoms with Crippen LogP contribution in [0.25, 0.3) is 0 Å². The number of phosphoric ester groups is 2. The first-order chi connectivity index (χ1) is 43.6. The van der Waals surface area contributed by atoms with Crippen LogP contribution in [0.2, 0.25) is 0 Å². The summed E-state index contributed by atoms with van der Waals surface area (Å²) in [5, 5.41) is 10.6. The first-order valence-electron chi connectivity index (χ1n) is 37.2. The number of aliphatic hydroxyl groups is 1. The molecule has 3 N–H and O–H groups in total. The molecule has 0 aliphatic carbocycles. The van der Waals surface area contributed by atoms with Gasteiger partial charge in [-0.25, -0.2) is 9.13 Å². The standard InChI is InChI=1S/C72H140O17P2/c1-9-65(8)51-43-35-30-31-37-45-53-70(75)83-59-68(88-71(76)54-46-38-28-22-17-13-11-10-12-15-19-24-32-40-48-62(2)3)61-87-91(80,81)85-57-66(73)56-84-90(78,79)86-60-67(89-72(77)55-47-39-29-23-26-34-42-50-64(6)7)58-82-69(74)52-44-36-27-21-18-14-16-20-25-33-41-49-63(4)5/h62-68,73H,9-61H2,1-8H3,(H,78,79)(H,80,81)/t65?,66-,67-,68-/m1/s1. The van der Waals surface area contributed by atoms with Gasteiger partial charge in [-0.1, -0.05) is 306 Å². The minimum absolute atomic E-state index is 0.103. The van der Waals surface area contributed by atoms with Gasteiger partial charge in [-0.05, 0) is 49.4 Å². The molecule has 0 aromatic carbocycles. The van der Waals surface area contributed by atoms with Crippen LogP contribution in [-0.4, -0.2) is 96.7 Å². The SMILES string of the molecule is CCC(C)CCCCCCCCC(=O)OC[C@H](COP(=O)(O)OC[C@H](O)COP(=O)(O)OC[C@@H](COC(=O)CCCCCCCCCCCCCC(C)C)OC(=O)CCCCCCCCCC(C)C)OC(=O)CCCCCCCCCCCCCCCCC(C)C. The molecule has 0 heterocycles. The van der Waals surface area contributed by atoms with E-state index in [2.05, 4.69) is 55.4 Å². The number of phosphoric acid groups is 2. The maximum Gasteiger partial charge on any atom is 0.472 e. The third-order valence-electron chi connectivity index (χ3n) is 16.9. The number of aliphatic hydroxyl groups excluding tert-OH is 1. The number of ether oxygens (including phenoxy) is 4. The number of hydrogen-bond donors (Lipinski definition) is 3. The van der Waals surface area contributed by atoms with Crippen molar-refractivity contribution < 1.29 is 80.2 Å². The van der Waals surface area contributed by atoms with Crippen molar-refractivity contribution in [2.24, 2.45) is 23.7 Å². The molecule has 0 saturated carbocycles. The van der Waals surface area contributed by atoms with Crippen molar-refractivity contribution in [2.75, 3.05) is 39.6 Å². The van der Waals surface area contributed by atoms with E-state index in [1.165, 1.54) is 154 Å². The molecule has 0 aromatic rings. The Hall–Kier alpha value is -1.94. The fourth-order valence-electron chi connectivity index (χ4n) is 10.8. The largest absolute Gasteiger partial charge is 0.472 e. The highest BCUT2D eigenvalue weighted by Gasteiger charge is 2.30. The summed E-state index contributed by atoms with van der Waals surface area (Å²) in [6.45, 7) is 14.1. The third kappa shape index (κ3) is 65.1. The van der Waals surface area contributed by atoms with Crippen molar-refractivity contribution in [3.63, 3.8) is 0 Å². The zero-order chi connectivity index (χ0) is 67.5. The number of unbranched alkanes of at least 4 members (excludes halogenated alkanes) is 34. The minimum atomic E-state index is -4.95. The molecule has 540 valence electrons. The zero-order valence-corrected chi connectivity index (χ0v) is 61.3.